The molecule has 0 aliphatic heterocycles. The molecule has 1 amide bonds. The van der Waals surface area contributed by atoms with Gasteiger partial charge in [-0.1, -0.05) is 0 Å². The first kappa shape index (κ1) is 18.9. The number of amides is 1. The van der Waals surface area contributed by atoms with Gasteiger partial charge in [0.25, 0.3) is 5.91 Å². The lowest BCUT2D eigenvalue weighted by molar-refractivity contribution is -0.0328. The van der Waals surface area contributed by atoms with Crippen molar-refractivity contribution in [1.29, 1.82) is 0 Å². The summed E-state index contributed by atoms with van der Waals surface area (Å²) in [5, 5.41) is 8.98. The summed E-state index contributed by atoms with van der Waals surface area (Å²) in [7, 11) is 1.49. The number of carbonyl (C=O) groups excluding carboxylic acids is 1. The highest BCUT2D eigenvalue weighted by atomic mass is 32.2. The third-order valence-corrected chi connectivity index (χ3v) is 4.01. The SMILES string of the molecule is Cc1oc(CN(C)C(=O)c2ccc(SC(F)(F)F)cc2)cc1C(=O)O. The molecule has 0 bridgehead atoms. The highest BCUT2D eigenvalue weighted by Gasteiger charge is 2.29. The Morgan fingerprint density at radius 2 is 1.84 bits per heavy atom. The van der Waals surface area contributed by atoms with Gasteiger partial charge in [0.15, 0.2) is 0 Å². The topological polar surface area (TPSA) is 70.8 Å². The largest absolute Gasteiger partial charge is 0.478 e. The number of carbonyl (C=O) groups is 2. The Morgan fingerprint density at radius 3 is 2.32 bits per heavy atom. The minimum absolute atomic E-state index is 0.0144. The van der Waals surface area contributed by atoms with Gasteiger partial charge in [0.2, 0.25) is 0 Å². The number of aromatic carboxylic acids is 1. The van der Waals surface area contributed by atoms with Crippen LogP contribution in [0.3, 0.4) is 0 Å². The standard InChI is InChI=1S/C16H14F3NO4S/c1-9-13(15(22)23)7-11(24-9)8-20(2)14(21)10-3-5-12(6-4-10)25-16(17,18)19/h3-7H,8H2,1-2H3,(H,22,23). The monoisotopic (exact) mass is 373 g/mol. The van der Waals surface area contributed by atoms with Gasteiger partial charge in [-0.2, -0.15) is 13.2 Å². The summed E-state index contributed by atoms with van der Waals surface area (Å²) >= 11 is -0.256. The lowest BCUT2D eigenvalue weighted by atomic mass is 10.2. The molecule has 0 aliphatic carbocycles. The maximum atomic E-state index is 12.3. The molecular formula is C16H14F3NO4S. The number of halogens is 3. The van der Waals surface area contributed by atoms with Crippen LogP contribution in [0.2, 0.25) is 0 Å². The van der Waals surface area contributed by atoms with Crippen LogP contribution in [-0.2, 0) is 6.54 Å². The van der Waals surface area contributed by atoms with Crippen LogP contribution in [0.25, 0.3) is 0 Å². The second kappa shape index (κ2) is 7.22. The summed E-state index contributed by atoms with van der Waals surface area (Å²) in [6, 6.07) is 6.40. The van der Waals surface area contributed by atoms with Gasteiger partial charge in [-0.15, -0.1) is 0 Å². The lowest BCUT2D eigenvalue weighted by Gasteiger charge is -2.16. The zero-order chi connectivity index (χ0) is 18.8. The molecule has 0 aliphatic rings. The molecule has 0 radical (unpaired) electrons. The number of hydrogen-bond acceptors (Lipinski definition) is 4. The van der Waals surface area contributed by atoms with E-state index in [1.54, 1.807) is 0 Å². The molecule has 0 atom stereocenters. The number of nitrogens with zero attached hydrogens (tertiary/aromatic N) is 1. The molecule has 0 fully saturated rings. The Bertz CT molecular complexity index is 784. The van der Waals surface area contributed by atoms with Gasteiger partial charge in [0.1, 0.15) is 17.1 Å². The molecule has 2 aromatic rings. The molecule has 1 aromatic heterocycles. The predicted molar refractivity (Wildman–Crippen MR) is 84.6 cm³/mol. The molecule has 0 unspecified atom stereocenters. The number of furan rings is 1. The number of carboxylic acids is 1. The zero-order valence-corrected chi connectivity index (χ0v) is 14.1. The van der Waals surface area contributed by atoms with Crippen molar-refractivity contribution in [1.82, 2.24) is 4.90 Å². The van der Waals surface area contributed by atoms with Crippen LogP contribution >= 0.6 is 11.8 Å². The lowest BCUT2D eigenvalue weighted by Crippen LogP contribution is -2.25. The number of alkyl halides is 3. The Balaban J connectivity index is 2.07. The summed E-state index contributed by atoms with van der Waals surface area (Å²) in [5.74, 6) is -1.01. The molecule has 25 heavy (non-hydrogen) atoms. The minimum atomic E-state index is -4.39. The maximum Gasteiger partial charge on any atom is 0.446 e. The number of carboxylic acid groups (broad SMARTS) is 1. The third kappa shape index (κ3) is 5.02. The van der Waals surface area contributed by atoms with E-state index in [9.17, 15) is 22.8 Å². The van der Waals surface area contributed by atoms with E-state index in [-0.39, 0.29) is 40.1 Å². The van der Waals surface area contributed by atoms with Crippen LogP contribution in [0, 0.1) is 6.92 Å². The quantitative estimate of drug-likeness (QED) is 0.797. The van der Waals surface area contributed by atoms with Gasteiger partial charge in [0.05, 0.1) is 6.54 Å². The molecule has 0 saturated heterocycles. The summed E-state index contributed by atoms with van der Waals surface area (Å²) < 4.78 is 42.2. The van der Waals surface area contributed by atoms with Crippen LogP contribution in [0.1, 0.15) is 32.2 Å². The van der Waals surface area contributed by atoms with E-state index in [4.69, 9.17) is 9.52 Å². The molecule has 5 nitrogen and oxygen atoms in total. The number of rotatable bonds is 5. The number of aryl methyl sites for hydroxylation is 1. The van der Waals surface area contributed by atoms with Crippen LogP contribution in [0.15, 0.2) is 39.6 Å². The van der Waals surface area contributed by atoms with E-state index in [1.807, 2.05) is 0 Å². The molecule has 2 rings (SSSR count). The highest BCUT2D eigenvalue weighted by molar-refractivity contribution is 8.00. The number of hydrogen-bond donors (Lipinski definition) is 1. The van der Waals surface area contributed by atoms with Crippen molar-refractivity contribution in [2.75, 3.05) is 7.05 Å². The minimum Gasteiger partial charge on any atom is -0.478 e. The fourth-order valence-corrected chi connectivity index (χ4v) is 2.70. The van der Waals surface area contributed by atoms with Crippen LogP contribution in [0.4, 0.5) is 13.2 Å². The van der Waals surface area contributed by atoms with Gasteiger partial charge >= 0.3 is 11.5 Å². The maximum absolute atomic E-state index is 12.3. The first-order chi connectivity index (χ1) is 11.6. The van der Waals surface area contributed by atoms with E-state index < -0.39 is 17.4 Å². The van der Waals surface area contributed by atoms with Crippen molar-refractivity contribution in [2.45, 2.75) is 23.9 Å². The normalized spacial score (nSPS) is 11.4. The van der Waals surface area contributed by atoms with Gasteiger partial charge in [-0.25, -0.2) is 4.79 Å². The third-order valence-electron chi connectivity index (χ3n) is 3.27. The molecule has 1 heterocycles. The van der Waals surface area contributed by atoms with E-state index in [1.165, 1.54) is 49.2 Å². The van der Waals surface area contributed by atoms with E-state index in [0.29, 0.717) is 5.76 Å². The smallest absolute Gasteiger partial charge is 0.446 e. The fourth-order valence-electron chi connectivity index (χ4n) is 2.16. The van der Waals surface area contributed by atoms with Crippen molar-refractivity contribution in [2.24, 2.45) is 0 Å². The molecule has 1 N–H and O–H groups in total. The van der Waals surface area contributed by atoms with Gasteiger partial charge in [0, 0.05) is 17.5 Å². The van der Waals surface area contributed by atoms with Gasteiger partial charge < -0.3 is 14.4 Å². The predicted octanol–water partition coefficient (Wildman–Crippen LogP) is 4.17. The first-order valence-electron chi connectivity index (χ1n) is 7.00. The van der Waals surface area contributed by atoms with Crippen LogP contribution in [0.5, 0.6) is 0 Å². The van der Waals surface area contributed by atoms with Crippen LogP contribution in [-0.4, -0.2) is 34.4 Å². The van der Waals surface area contributed by atoms with Crippen molar-refractivity contribution in [3.63, 3.8) is 0 Å². The van der Waals surface area contributed by atoms with Crippen molar-refractivity contribution in [3.8, 4) is 0 Å². The van der Waals surface area contributed by atoms with E-state index in [2.05, 4.69) is 0 Å². The molecule has 134 valence electrons. The average molecular weight is 373 g/mol. The Hall–Kier alpha value is -2.42. The van der Waals surface area contributed by atoms with Gasteiger partial charge in [-0.3, -0.25) is 4.79 Å². The zero-order valence-electron chi connectivity index (χ0n) is 13.3. The molecular weight excluding hydrogens is 359 g/mol. The highest BCUT2D eigenvalue weighted by Crippen LogP contribution is 2.36. The summed E-state index contributed by atoms with van der Waals surface area (Å²) in [6.07, 6.45) is 0. The Kier molecular flexibility index (Phi) is 5.46. The van der Waals surface area contributed by atoms with E-state index >= 15 is 0 Å². The summed E-state index contributed by atoms with van der Waals surface area (Å²) in [6.45, 7) is 1.54. The number of thioether (sulfide) groups is 1. The second-order valence-electron chi connectivity index (χ2n) is 5.22. The molecule has 1 aromatic carbocycles. The van der Waals surface area contributed by atoms with Crippen LogP contribution < -0.4 is 0 Å². The fraction of sp³-hybridized carbons (Fsp3) is 0.250. The molecule has 9 heteroatoms. The Labute approximate surface area is 145 Å². The van der Waals surface area contributed by atoms with Crippen molar-refractivity contribution < 1.29 is 32.3 Å². The summed E-state index contributed by atoms with van der Waals surface area (Å²) in [4.78, 5) is 24.6. The van der Waals surface area contributed by atoms with E-state index in [0.717, 1.165) is 0 Å². The number of benzene rings is 1. The second-order valence-corrected chi connectivity index (χ2v) is 6.36. The first-order valence-corrected chi connectivity index (χ1v) is 7.82. The van der Waals surface area contributed by atoms with Gasteiger partial charge in [-0.05, 0) is 49.0 Å². The average Bonchev–Trinajstić information content (AvgIpc) is 2.86. The van der Waals surface area contributed by atoms with Crippen molar-refractivity contribution >= 4 is 23.6 Å². The molecule has 0 saturated carbocycles. The molecule has 0 spiro atoms. The summed E-state index contributed by atoms with van der Waals surface area (Å²) in [5.41, 5.74) is -4.15. The van der Waals surface area contributed by atoms with Crippen molar-refractivity contribution in [3.05, 3.63) is 53.0 Å². The Morgan fingerprint density at radius 1 is 1.24 bits per heavy atom.